The van der Waals surface area contributed by atoms with Gasteiger partial charge in [-0.25, -0.2) is 4.68 Å². The maximum Gasteiger partial charge on any atom is 0.242 e. The number of furan rings is 1. The molecule has 0 aliphatic carbocycles. The lowest BCUT2D eigenvalue weighted by atomic mass is 10.1. The molecule has 0 spiro atoms. The molecule has 0 atom stereocenters. The number of rotatable bonds is 5. The van der Waals surface area contributed by atoms with Crippen molar-refractivity contribution in [3.8, 4) is 0 Å². The zero-order valence-electron chi connectivity index (χ0n) is 10.8. The minimum absolute atomic E-state index is 0.0454. The molecule has 2 aromatic rings. The predicted octanol–water partition coefficient (Wildman–Crippen LogP) is 0.415. The van der Waals surface area contributed by atoms with E-state index in [-0.39, 0.29) is 12.5 Å². The largest absolute Gasteiger partial charge is 0.467 e. The van der Waals surface area contributed by atoms with Crippen molar-refractivity contribution in [2.45, 2.75) is 32.5 Å². The van der Waals surface area contributed by atoms with Crippen molar-refractivity contribution >= 4 is 5.91 Å². The molecule has 0 saturated heterocycles. The van der Waals surface area contributed by atoms with Crippen molar-refractivity contribution in [2.24, 2.45) is 0 Å². The normalized spacial score (nSPS) is 11.5. The summed E-state index contributed by atoms with van der Waals surface area (Å²) < 4.78 is 6.48. The summed E-state index contributed by atoms with van der Waals surface area (Å²) in [6, 6.07) is 3.54. The fourth-order valence-corrected chi connectivity index (χ4v) is 1.46. The highest BCUT2D eigenvalue weighted by Crippen LogP contribution is 2.15. The van der Waals surface area contributed by atoms with Crippen molar-refractivity contribution in [3.05, 3.63) is 36.0 Å². The Hall–Kier alpha value is -2.15. The van der Waals surface area contributed by atoms with Gasteiger partial charge < -0.3 is 14.8 Å². The van der Waals surface area contributed by atoms with Gasteiger partial charge in [-0.1, -0.05) is 5.21 Å². The summed E-state index contributed by atoms with van der Waals surface area (Å²) in [5, 5.41) is 20.0. The van der Waals surface area contributed by atoms with Crippen molar-refractivity contribution in [1.82, 2.24) is 20.3 Å². The van der Waals surface area contributed by atoms with E-state index in [0.29, 0.717) is 18.0 Å². The van der Waals surface area contributed by atoms with Crippen LogP contribution >= 0.6 is 0 Å². The van der Waals surface area contributed by atoms with Crippen LogP contribution in [0.3, 0.4) is 0 Å². The van der Waals surface area contributed by atoms with Crippen molar-refractivity contribution in [3.63, 3.8) is 0 Å². The first-order valence-electron chi connectivity index (χ1n) is 5.87. The van der Waals surface area contributed by atoms with E-state index in [1.807, 2.05) is 0 Å². The lowest BCUT2D eigenvalue weighted by molar-refractivity contribution is -0.122. The summed E-state index contributed by atoms with van der Waals surface area (Å²) >= 11 is 0. The third kappa shape index (κ3) is 3.65. The number of nitrogens with one attached hydrogen (secondary N) is 1. The van der Waals surface area contributed by atoms with E-state index < -0.39 is 5.60 Å². The molecule has 19 heavy (non-hydrogen) atoms. The molecular formula is C12H16N4O3. The number of nitrogens with zero attached hydrogens (tertiary/aromatic N) is 3. The fourth-order valence-electron chi connectivity index (χ4n) is 1.46. The average molecular weight is 264 g/mol. The Morgan fingerprint density at radius 2 is 2.37 bits per heavy atom. The Morgan fingerprint density at radius 3 is 2.95 bits per heavy atom. The molecule has 7 nitrogen and oxygen atoms in total. The Kier molecular flexibility index (Phi) is 3.66. The van der Waals surface area contributed by atoms with E-state index >= 15 is 0 Å². The van der Waals surface area contributed by atoms with Gasteiger partial charge in [-0.05, 0) is 26.0 Å². The first-order valence-corrected chi connectivity index (χ1v) is 5.87. The van der Waals surface area contributed by atoms with Gasteiger partial charge >= 0.3 is 0 Å². The summed E-state index contributed by atoms with van der Waals surface area (Å²) in [5.74, 6) is 0.479. The van der Waals surface area contributed by atoms with Gasteiger partial charge in [0.1, 0.15) is 23.6 Å². The summed E-state index contributed by atoms with van der Waals surface area (Å²) in [6.45, 7) is 3.60. The third-order valence-electron chi connectivity index (χ3n) is 2.51. The minimum atomic E-state index is -1.07. The summed E-state index contributed by atoms with van der Waals surface area (Å²) in [7, 11) is 0. The Labute approximate surface area is 110 Å². The quantitative estimate of drug-likeness (QED) is 0.816. The van der Waals surface area contributed by atoms with Gasteiger partial charge in [-0.2, -0.15) is 0 Å². The van der Waals surface area contributed by atoms with E-state index in [2.05, 4.69) is 15.6 Å². The first-order chi connectivity index (χ1) is 8.95. The SMILES string of the molecule is CC(C)(O)c1cn(CC(=O)NCc2ccco2)nn1. The van der Waals surface area contributed by atoms with Gasteiger partial charge in [0.05, 0.1) is 19.0 Å². The molecule has 0 radical (unpaired) electrons. The number of amides is 1. The van der Waals surface area contributed by atoms with Crippen molar-refractivity contribution in [2.75, 3.05) is 0 Å². The first kappa shape index (κ1) is 13.3. The molecule has 1 amide bonds. The number of carbonyl (C=O) groups is 1. The zero-order chi connectivity index (χ0) is 13.9. The standard InChI is InChI=1S/C12H16N4O3/c1-12(2,18)10-7-16(15-14-10)8-11(17)13-6-9-4-3-5-19-9/h3-5,7,18H,6,8H2,1-2H3,(H,13,17). The van der Waals surface area contributed by atoms with E-state index in [9.17, 15) is 9.90 Å². The second-order valence-electron chi connectivity index (χ2n) is 4.72. The van der Waals surface area contributed by atoms with Crippen LogP contribution in [0.2, 0.25) is 0 Å². The maximum atomic E-state index is 11.7. The summed E-state index contributed by atoms with van der Waals surface area (Å²) in [6.07, 6.45) is 3.10. The number of aromatic nitrogens is 3. The van der Waals surface area contributed by atoms with Gasteiger partial charge in [-0.3, -0.25) is 4.79 Å². The Bertz CT molecular complexity index is 540. The maximum absolute atomic E-state index is 11.7. The highest BCUT2D eigenvalue weighted by atomic mass is 16.3. The Morgan fingerprint density at radius 1 is 1.58 bits per heavy atom. The molecular weight excluding hydrogens is 248 g/mol. The molecule has 2 N–H and O–H groups in total. The molecule has 0 saturated carbocycles. The molecule has 2 heterocycles. The van der Waals surface area contributed by atoms with Crippen LogP contribution in [-0.2, 0) is 23.5 Å². The highest BCUT2D eigenvalue weighted by molar-refractivity contribution is 5.75. The van der Waals surface area contributed by atoms with Crippen molar-refractivity contribution < 1.29 is 14.3 Å². The predicted molar refractivity (Wildman–Crippen MR) is 65.8 cm³/mol. The van der Waals surface area contributed by atoms with Gasteiger partial charge in [0.25, 0.3) is 0 Å². The van der Waals surface area contributed by atoms with Crippen LogP contribution in [0.25, 0.3) is 0 Å². The molecule has 0 fully saturated rings. The van der Waals surface area contributed by atoms with Crippen LogP contribution < -0.4 is 5.32 Å². The minimum Gasteiger partial charge on any atom is -0.467 e. The second kappa shape index (κ2) is 5.23. The molecule has 0 aliphatic heterocycles. The molecule has 2 aromatic heterocycles. The smallest absolute Gasteiger partial charge is 0.242 e. The number of carbonyl (C=O) groups excluding carboxylic acids is 1. The third-order valence-corrected chi connectivity index (χ3v) is 2.51. The van der Waals surface area contributed by atoms with Gasteiger partial charge in [0, 0.05) is 0 Å². The number of hydrogen-bond donors (Lipinski definition) is 2. The molecule has 0 bridgehead atoms. The zero-order valence-corrected chi connectivity index (χ0v) is 10.8. The lowest BCUT2D eigenvalue weighted by Gasteiger charge is -2.11. The van der Waals surface area contributed by atoms with Crippen LogP contribution in [0.5, 0.6) is 0 Å². The molecule has 102 valence electrons. The molecule has 7 heteroatoms. The number of aliphatic hydroxyl groups is 1. The molecule has 0 aromatic carbocycles. The second-order valence-corrected chi connectivity index (χ2v) is 4.72. The van der Waals surface area contributed by atoms with Crippen LogP contribution in [-0.4, -0.2) is 26.0 Å². The average Bonchev–Trinajstić information content (AvgIpc) is 2.95. The van der Waals surface area contributed by atoms with Crippen LogP contribution in [0.4, 0.5) is 0 Å². The number of hydrogen-bond acceptors (Lipinski definition) is 5. The van der Waals surface area contributed by atoms with E-state index in [1.165, 1.54) is 4.68 Å². The topological polar surface area (TPSA) is 93.2 Å². The van der Waals surface area contributed by atoms with Gasteiger partial charge in [0.15, 0.2) is 0 Å². The summed E-state index contributed by atoms with van der Waals surface area (Å²) in [4.78, 5) is 11.7. The highest BCUT2D eigenvalue weighted by Gasteiger charge is 2.20. The van der Waals surface area contributed by atoms with E-state index in [0.717, 1.165) is 0 Å². The summed E-state index contributed by atoms with van der Waals surface area (Å²) in [5.41, 5.74) is -0.644. The van der Waals surface area contributed by atoms with Crippen LogP contribution in [0.15, 0.2) is 29.0 Å². The molecule has 2 rings (SSSR count). The van der Waals surface area contributed by atoms with Crippen molar-refractivity contribution in [1.29, 1.82) is 0 Å². The molecule has 0 unspecified atom stereocenters. The van der Waals surface area contributed by atoms with E-state index in [4.69, 9.17) is 4.42 Å². The lowest BCUT2D eigenvalue weighted by Crippen LogP contribution is -2.27. The van der Waals surface area contributed by atoms with Crippen LogP contribution in [0, 0.1) is 0 Å². The van der Waals surface area contributed by atoms with Gasteiger partial charge in [0.2, 0.25) is 5.91 Å². The fraction of sp³-hybridized carbons (Fsp3) is 0.417. The molecule has 0 aliphatic rings. The van der Waals surface area contributed by atoms with Crippen LogP contribution in [0.1, 0.15) is 25.3 Å². The van der Waals surface area contributed by atoms with Gasteiger partial charge in [-0.15, -0.1) is 5.10 Å². The Balaban J connectivity index is 1.87. The monoisotopic (exact) mass is 264 g/mol. The van der Waals surface area contributed by atoms with E-state index in [1.54, 1.807) is 38.4 Å².